The number of aromatic hydroxyl groups is 1. The van der Waals surface area contributed by atoms with E-state index >= 15 is 0 Å². The van der Waals surface area contributed by atoms with Crippen molar-refractivity contribution in [1.82, 2.24) is 4.90 Å². The molecule has 0 fully saturated rings. The number of phenols is 1. The minimum atomic E-state index is -1.07. The predicted molar refractivity (Wildman–Crippen MR) is 75.0 cm³/mol. The molecule has 0 unspecified atom stereocenters. The molecule has 0 aliphatic carbocycles. The Labute approximate surface area is 122 Å². The third-order valence-electron chi connectivity index (χ3n) is 3.23. The van der Waals surface area contributed by atoms with Gasteiger partial charge >= 0.3 is 12.1 Å². The molecule has 2 N–H and O–H groups in total. The first-order valence-corrected chi connectivity index (χ1v) is 6.70. The molecule has 6 nitrogen and oxygen atoms in total. The first-order valence-electron chi connectivity index (χ1n) is 6.70. The Morgan fingerprint density at radius 3 is 2.62 bits per heavy atom. The van der Waals surface area contributed by atoms with E-state index in [4.69, 9.17) is 4.74 Å². The van der Waals surface area contributed by atoms with Crippen molar-refractivity contribution >= 4 is 12.1 Å². The van der Waals surface area contributed by atoms with Crippen molar-refractivity contribution in [1.29, 1.82) is 0 Å². The number of carbonyl (C=O) groups excluding carboxylic acids is 1. The number of benzene rings is 1. The largest absolute Gasteiger partial charge is 0.508 e. The van der Waals surface area contributed by atoms with Gasteiger partial charge in [0.2, 0.25) is 0 Å². The summed E-state index contributed by atoms with van der Waals surface area (Å²) in [5.41, 5.74) is 0.859. The zero-order valence-corrected chi connectivity index (χ0v) is 12.3. The average Bonchev–Trinajstić information content (AvgIpc) is 2.34. The van der Waals surface area contributed by atoms with Crippen molar-refractivity contribution in [3.05, 3.63) is 29.3 Å². The van der Waals surface area contributed by atoms with Crippen LogP contribution >= 0.6 is 0 Å². The monoisotopic (exact) mass is 295 g/mol. The van der Waals surface area contributed by atoms with E-state index in [-0.39, 0.29) is 18.7 Å². The lowest BCUT2D eigenvalue weighted by Crippen LogP contribution is -2.50. The second-order valence-electron chi connectivity index (χ2n) is 6.12. The maximum atomic E-state index is 12.2. The number of hydrogen-bond donors (Lipinski definition) is 2. The first kappa shape index (κ1) is 15.2. The number of amides is 1. The molecule has 0 spiro atoms. The fraction of sp³-hybridized carbons (Fsp3) is 0.467. The van der Waals surface area contributed by atoms with E-state index in [0.717, 1.165) is 11.1 Å². The van der Waals surface area contributed by atoms with Crippen molar-refractivity contribution in [2.45, 2.75) is 45.4 Å². The van der Waals surface area contributed by atoms with Gasteiger partial charge in [-0.25, -0.2) is 9.59 Å². The molecule has 2 rings (SSSR count). The molecule has 0 bridgehead atoms. The van der Waals surface area contributed by atoms with Crippen LogP contribution in [0.4, 0.5) is 4.79 Å². The Morgan fingerprint density at radius 1 is 1.38 bits per heavy atom. The number of ether oxygens (including phenoxy) is 1. The van der Waals surface area contributed by atoms with E-state index in [1.807, 2.05) is 0 Å². The summed E-state index contributed by atoms with van der Waals surface area (Å²) in [4.78, 5) is 24.8. The summed E-state index contributed by atoms with van der Waals surface area (Å²) >= 11 is 0. The quantitative estimate of drug-likeness (QED) is 0.829. The van der Waals surface area contributed by atoms with Gasteiger partial charge in [-0.05, 0) is 44.0 Å². The molecule has 1 aromatic rings. The van der Waals surface area contributed by atoms with Gasteiger partial charge in [-0.15, -0.1) is 0 Å². The molecule has 1 aliphatic heterocycles. The number of nitrogens with zero attached hydrogens (tertiary/aromatic N) is 1. The lowest BCUT2D eigenvalue weighted by Gasteiger charge is -2.35. The van der Waals surface area contributed by atoms with Crippen LogP contribution in [0.15, 0.2) is 18.2 Å². The molecule has 1 atom stereocenters. The molecule has 0 saturated carbocycles. The van der Waals surface area contributed by atoms with Crippen LogP contribution in [-0.2, 0) is 22.5 Å². The molecule has 1 amide bonds. The summed E-state index contributed by atoms with van der Waals surface area (Å²) in [6, 6.07) is 3.79. The third kappa shape index (κ3) is 3.45. The molecular formula is C15H19NO5. The highest BCUT2D eigenvalue weighted by Crippen LogP contribution is 2.28. The SMILES string of the molecule is CC(C)(C)OC(=O)N1Cc2cc(O)ccc2C[C@@H]1[14C](=O)O. The van der Waals surface area contributed by atoms with E-state index in [9.17, 15) is 19.8 Å². The lowest BCUT2D eigenvalue weighted by atomic mass is 9.97. The zero-order chi connectivity index (χ0) is 15.8. The van der Waals surface area contributed by atoms with E-state index in [1.165, 1.54) is 11.0 Å². The second kappa shape index (κ2) is 5.27. The molecule has 0 radical (unpaired) electrons. The molecular weight excluding hydrogens is 276 g/mol. The van der Waals surface area contributed by atoms with Crippen LogP contribution in [0.1, 0.15) is 31.9 Å². The van der Waals surface area contributed by atoms with Crippen LogP contribution in [0.3, 0.4) is 0 Å². The fourth-order valence-electron chi connectivity index (χ4n) is 2.30. The number of aliphatic carboxylic acids is 1. The number of carboxylic acid groups (broad SMARTS) is 1. The summed E-state index contributed by atoms with van der Waals surface area (Å²) in [6.07, 6.45) is -0.464. The number of hydrogen-bond acceptors (Lipinski definition) is 4. The van der Waals surface area contributed by atoms with Crippen LogP contribution in [0.2, 0.25) is 0 Å². The van der Waals surface area contributed by atoms with E-state index in [2.05, 4.69) is 0 Å². The summed E-state index contributed by atoms with van der Waals surface area (Å²) in [7, 11) is 0. The average molecular weight is 295 g/mol. The van der Waals surface area contributed by atoms with Gasteiger partial charge in [-0.2, -0.15) is 0 Å². The Morgan fingerprint density at radius 2 is 2.05 bits per heavy atom. The normalized spacial score (nSPS) is 18.0. The highest BCUT2D eigenvalue weighted by molar-refractivity contribution is 5.81. The van der Waals surface area contributed by atoms with E-state index < -0.39 is 23.7 Å². The van der Waals surface area contributed by atoms with E-state index in [1.54, 1.807) is 32.9 Å². The summed E-state index contributed by atoms with van der Waals surface area (Å²) in [5.74, 6) is -0.980. The minimum Gasteiger partial charge on any atom is -0.508 e. The molecule has 0 aromatic heterocycles. The van der Waals surface area contributed by atoms with Gasteiger partial charge in [-0.3, -0.25) is 4.90 Å². The van der Waals surface area contributed by atoms with Gasteiger partial charge in [0.05, 0.1) is 6.54 Å². The number of phenolic OH excluding ortho intramolecular Hbond substituents is 1. The second-order valence-corrected chi connectivity index (χ2v) is 6.12. The van der Waals surface area contributed by atoms with Gasteiger partial charge in [0.25, 0.3) is 0 Å². The summed E-state index contributed by atoms with van der Waals surface area (Å²) < 4.78 is 5.26. The maximum absolute atomic E-state index is 12.2. The molecule has 6 heteroatoms. The van der Waals surface area contributed by atoms with Crippen molar-refractivity contribution in [3.63, 3.8) is 0 Å². The number of rotatable bonds is 1. The third-order valence-corrected chi connectivity index (χ3v) is 3.23. The van der Waals surface area contributed by atoms with Gasteiger partial charge in [0.1, 0.15) is 17.4 Å². The van der Waals surface area contributed by atoms with Crippen LogP contribution in [0.25, 0.3) is 0 Å². The van der Waals surface area contributed by atoms with Crippen LogP contribution in [0.5, 0.6) is 5.75 Å². The van der Waals surface area contributed by atoms with Crippen LogP contribution < -0.4 is 0 Å². The van der Waals surface area contributed by atoms with Gasteiger partial charge < -0.3 is 14.9 Å². The molecule has 114 valence electrons. The van der Waals surface area contributed by atoms with Crippen molar-refractivity contribution in [2.24, 2.45) is 0 Å². The van der Waals surface area contributed by atoms with Gasteiger partial charge in [-0.1, -0.05) is 6.07 Å². The maximum Gasteiger partial charge on any atom is 0.411 e. The molecule has 0 saturated heterocycles. The van der Waals surface area contributed by atoms with Crippen LogP contribution in [-0.4, -0.2) is 38.8 Å². The minimum absolute atomic E-state index is 0.0895. The summed E-state index contributed by atoms with van der Waals surface area (Å²) in [5, 5.41) is 18.9. The number of fused-ring (bicyclic) bond motifs is 1. The van der Waals surface area contributed by atoms with Gasteiger partial charge in [0.15, 0.2) is 0 Å². The summed E-state index contributed by atoms with van der Waals surface area (Å²) in [6.45, 7) is 5.29. The highest BCUT2D eigenvalue weighted by Gasteiger charge is 2.37. The topological polar surface area (TPSA) is 87.1 Å². The highest BCUT2D eigenvalue weighted by atomic mass is 16.6. The number of carboxylic acids is 1. The van der Waals surface area contributed by atoms with Crippen molar-refractivity contribution < 1.29 is 24.5 Å². The first-order chi connectivity index (χ1) is 9.67. The Hall–Kier alpha value is -2.24. The van der Waals surface area contributed by atoms with E-state index in [0.29, 0.717) is 0 Å². The molecule has 1 heterocycles. The number of carbonyl (C=O) groups is 2. The van der Waals surface area contributed by atoms with Crippen LogP contribution in [0, 0.1) is 0 Å². The van der Waals surface area contributed by atoms with Crippen molar-refractivity contribution in [3.8, 4) is 5.75 Å². The smallest absolute Gasteiger partial charge is 0.411 e. The molecule has 1 aliphatic rings. The Bertz CT molecular complexity index is 576. The molecule has 21 heavy (non-hydrogen) atoms. The predicted octanol–water partition coefficient (Wildman–Crippen LogP) is 2.14. The fourth-order valence-corrected chi connectivity index (χ4v) is 2.30. The Balaban J connectivity index is 2.30. The standard InChI is InChI=1S/C15H19NO5/c1-15(2,3)21-14(20)16-8-10-6-11(17)5-4-9(10)7-12(16)13(18)19/h4-6,12,17H,7-8H2,1-3H3,(H,18,19)/t12-/m1/s1/i13+2. The van der Waals surface area contributed by atoms with Crippen molar-refractivity contribution in [2.75, 3.05) is 0 Å². The van der Waals surface area contributed by atoms with Gasteiger partial charge in [0, 0.05) is 6.42 Å². The zero-order valence-electron chi connectivity index (χ0n) is 12.3. The lowest BCUT2D eigenvalue weighted by molar-refractivity contribution is -0.143. The molecule has 1 aromatic carbocycles. The Kier molecular flexibility index (Phi) is 3.80.